The quantitative estimate of drug-likeness (QED) is 0.267. The molecule has 3 heterocycles. The van der Waals surface area contributed by atoms with Gasteiger partial charge in [-0.1, -0.05) is 30.3 Å². The molecule has 0 atom stereocenters. The number of hydrogen-bond acceptors (Lipinski definition) is 8. The van der Waals surface area contributed by atoms with Crippen molar-refractivity contribution in [1.29, 1.82) is 0 Å². The molecule has 1 aliphatic heterocycles. The molecule has 9 heteroatoms. The number of fused-ring (bicyclic) bond motifs is 1. The maximum Gasteiger partial charge on any atom is 0.328 e. The van der Waals surface area contributed by atoms with Gasteiger partial charge in [0.1, 0.15) is 11.5 Å². The van der Waals surface area contributed by atoms with Crippen molar-refractivity contribution in [3.63, 3.8) is 0 Å². The molecule has 1 aliphatic rings. The Morgan fingerprint density at radius 2 is 1.52 bits per heavy atom. The van der Waals surface area contributed by atoms with Crippen LogP contribution >= 0.6 is 0 Å². The van der Waals surface area contributed by atoms with Crippen LogP contribution in [0.1, 0.15) is 66.3 Å². The predicted octanol–water partition coefficient (Wildman–Crippen LogP) is 6.53. The molecule has 5 rings (SSSR count). The summed E-state index contributed by atoms with van der Waals surface area (Å²) in [6, 6.07) is 16.9. The fourth-order valence-electron chi connectivity index (χ4n) is 5.09. The summed E-state index contributed by atoms with van der Waals surface area (Å²) in [6.45, 7) is 10.4. The number of anilines is 1. The summed E-state index contributed by atoms with van der Waals surface area (Å²) in [5, 5.41) is 2.75. The summed E-state index contributed by atoms with van der Waals surface area (Å²) < 4.78 is 28.8. The number of nitrogens with zero attached hydrogens (tertiary/aromatic N) is 2. The molecule has 9 nitrogen and oxygen atoms in total. The van der Waals surface area contributed by atoms with Crippen LogP contribution in [0, 0.1) is 6.92 Å². The third-order valence-corrected chi connectivity index (χ3v) is 6.93. The lowest BCUT2D eigenvalue weighted by Crippen LogP contribution is -2.22. The topological polar surface area (TPSA) is 105 Å². The minimum atomic E-state index is -0.495. The number of rotatable bonds is 8. The molecule has 0 spiro atoms. The number of benzene rings is 2. The summed E-state index contributed by atoms with van der Waals surface area (Å²) >= 11 is 0. The third kappa shape index (κ3) is 5.24. The maximum atomic E-state index is 13.1. The van der Waals surface area contributed by atoms with Gasteiger partial charge < -0.3 is 28.7 Å². The van der Waals surface area contributed by atoms with Gasteiger partial charge >= 0.3 is 6.01 Å². The van der Waals surface area contributed by atoms with E-state index in [-0.39, 0.29) is 34.8 Å². The van der Waals surface area contributed by atoms with Crippen LogP contribution in [0.5, 0.6) is 23.5 Å². The fourth-order valence-corrected chi connectivity index (χ4v) is 5.09. The first-order chi connectivity index (χ1) is 19.0. The van der Waals surface area contributed by atoms with E-state index in [1.165, 1.54) is 25.3 Å². The van der Waals surface area contributed by atoms with E-state index in [2.05, 4.69) is 62.0 Å². The van der Waals surface area contributed by atoms with E-state index in [0.29, 0.717) is 17.9 Å². The smallest absolute Gasteiger partial charge is 0.328 e. The summed E-state index contributed by atoms with van der Waals surface area (Å²) in [5.74, 6) is 1.01. The maximum absolute atomic E-state index is 13.1. The number of furan rings is 1. The van der Waals surface area contributed by atoms with Crippen molar-refractivity contribution in [2.75, 3.05) is 19.5 Å². The second-order valence-corrected chi connectivity index (χ2v) is 10.7. The highest BCUT2D eigenvalue weighted by Crippen LogP contribution is 2.47. The van der Waals surface area contributed by atoms with Gasteiger partial charge in [0, 0.05) is 6.42 Å². The Morgan fingerprint density at radius 3 is 2.15 bits per heavy atom. The molecule has 1 amide bonds. The van der Waals surface area contributed by atoms with E-state index >= 15 is 0 Å². The SMILES string of the molecule is COc1nc(Oc2ccccc2)nc(OC)c1NC(=O)c1ccc(Cc2cc3c(cc2C)C(C)(C)OC3(C)C)o1. The number of methoxy groups -OCH3 is 2. The van der Waals surface area contributed by atoms with Gasteiger partial charge in [0.15, 0.2) is 11.4 Å². The minimum absolute atomic E-state index is 0.0138. The third-order valence-electron chi connectivity index (χ3n) is 6.93. The Labute approximate surface area is 233 Å². The van der Waals surface area contributed by atoms with Crippen molar-refractivity contribution in [2.45, 2.75) is 52.2 Å². The van der Waals surface area contributed by atoms with Crippen molar-refractivity contribution in [2.24, 2.45) is 0 Å². The minimum Gasteiger partial charge on any atom is -0.479 e. The molecule has 4 aromatic rings. The molecule has 0 unspecified atom stereocenters. The normalized spacial score (nSPS) is 14.9. The average molecular weight is 544 g/mol. The van der Waals surface area contributed by atoms with Crippen LogP contribution in [0.2, 0.25) is 0 Å². The fraction of sp³-hybridized carbons (Fsp3) is 0.323. The van der Waals surface area contributed by atoms with E-state index in [1.54, 1.807) is 24.3 Å². The highest BCUT2D eigenvalue weighted by atomic mass is 16.5. The molecule has 0 bridgehead atoms. The Kier molecular flexibility index (Phi) is 7.01. The van der Waals surface area contributed by atoms with Crippen molar-refractivity contribution in [1.82, 2.24) is 9.97 Å². The van der Waals surface area contributed by atoms with Gasteiger partial charge in [-0.25, -0.2) is 0 Å². The first-order valence-corrected chi connectivity index (χ1v) is 13.0. The zero-order chi connectivity index (χ0) is 28.7. The lowest BCUT2D eigenvalue weighted by atomic mass is 9.86. The Bertz CT molecular complexity index is 1530. The Hall–Kier alpha value is -4.37. The van der Waals surface area contributed by atoms with Crippen LogP contribution in [0.4, 0.5) is 5.69 Å². The monoisotopic (exact) mass is 543 g/mol. The zero-order valence-electron chi connectivity index (χ0n) is 23.7. The van der Waals surface area contributed by atoms with Gasteiger partial charge in [-0.15, -0.1) is 0 Å². The molecule has 1 N–H and O–H groups in total. The molecular formula is C31H33N3O6. The summed E-state index contributed by atoms with van der Waals surface area (Å²) in [5.41, 5.74) is 4.03. The summed E-state index contributed by atoms with van der Waals surface area (Å²) in [7, 11) is 2.86. The number of amides is 1. The van der Waals surface area contributed by atoms with E-state index < -0.39 is 11.5 Å². The van der Waals surface area contributed by atoms with Gasteiger partial charge in [-0.3, -0.25) is 4.79 Å². The number of ether oxygens (including phenoxy) is 4. The summed E-state index contributed by atoms with van der Waals surface area (Å²) in [6.07, 6.45) is 0.532. The van der Waals surface area contributed by atoms with Crippen molar-refractivity contribution >= 4 is 11.6 Å². The number of carbonyl (C=O) groups is 1. The van der Waals surface area contributed by atoms with Crippen LogP contribution in [0.3, 0.4) is 0 Å². The molecule has 2 aromatic carbocycles. The summed E-state index contributed by atoms with van der Waals surface area (Å²) in [4.78, 5) is 21.7. The predicted molar refractivity (Wildman–Crippen MR) is 149 cm³/mol. The molecule has 0 fully saturated rings. The number of hydrogen-bond donors (Lipinski definition) is 1. The lowest BCUT2D eigenvalue weighted by Gasteiger charge is -2.24. The highest BCUT2D eigenvalue weighted by molar-refractivity contribution is 6.03. The van der Waals surface area contributed by atoms with Crippen LogP contribution in [-0.2, 0) is 22.4 Å². The van der Waals surface area contributed by atoms with E-state index in [9.17, 15) is 4.79 Å². The molecule has 0 aliphatic carbocycles. The van der Waals surface area contributed by atoms with Gasteiger partial charge in [0.05, 0.1) is 25.4 Å². The number of aryl methyl sites for hydroxylation is 1. The molecule has 0 saturated carbocycles. The number of nitrogens with one attached hydrogen (secondary N) is 1. The second kappa shape index (κ2) is 10.3. The van der Waals surface area contributed by atoms with Gasteiger partial charge in [0.25, 0.3) is 5.91 Å². The van der Waals surface area contributed by atoms with E-state index in [4.69, 9.17) is 23.4 Å². The van der Waals surface area contributed by atoms with Crippen LogP contribution in [0.15, 0.2) is 59.0 Å². The first kappa shape index (κ1) is 27.2. The molecule has 208 valence electrons. The second-order valence-electron chi connectivity index (χ2n) is 10.7. The van der Waals surface area contributed by atoms with Crippen LogP contribution < -0.4 is 19.5 Å². The molecule has 40 heavy (non-hydrogen) atoms. The van der Waals surface area contributed by atoms with Gasteiger partial charge in [-0.05, 0) is 81.1 Å². The number of aromatic nitrogens is 2. The van der Waals surface area contributed by atoms with Gasteiger partial charge in [-0.2, -0.15) is 9.97 Å². The highest BCUT2D eigenvalue weighted by Gasteiger charge is 2.43. The molecular weight excluding hydrogens is 510 g/mol. The number of para-hydroxylation sites is 1. The van der Waals surface area contributed by atoms with E-state index in [0.717, 1.165) is 11.1 Å². The molecule has 0 radical (unpaired) electrons. The largest absolute Gasteiger partial charge is 0.479 e. The zero-order valence-corrected chi connectivity index (χ0v) is 23.7. The Morgan fingerprint density at radius 1 is 0.900 bits per heavy atom. The molecule has 2 aromatic heterocycles. The van der Waals surface area contributed by atoms with Crippen molar-refractivity contribution in [3.05, 3.63) is 88.4 Å². The van der Waals surface area contributed by atoms with Crippen molar-refractivity contribution in [3.8, 4) is 23.5 Å². The first-order valence-electron chi connectivity index (χ1n) is 13.0. The number of carbonyl (C=O) groups excluding carboxylic acids is 1. The Balaban J connectivity index is 1.35. The van der Waals surface area contributed by atoms with Crippen LogP contribution in [0.25, 0.3) is 0 Å². The van der Waals surface area contributed by atoms with E-state index in [1.807, 2.05) is 18.2 Å². The van der Waals surface area contributed by atoms with Crippen molar-refractivity contribution < 1.29 is 28.2 Å². The molecule has 0 saturated heterocycles. The lowest BCUT2D eigenvalue weighted by molar-refractivity contribution is -0.105. The van der Waals surface area contributed by atoms with Crippen LogP contribution in [-0.4, -0.2) is 30.1 Å². The van der Waals surface area contributed by atoms with Gasteiger partial charge in [0.2, 0.25) is 11.8 Å². The average Bonchev–Trinajstić information content (AvgIpc) is 3.45. The standard InChI is InChI=1S/C31H33N3O6/c1-18-15-22-23(31(4,5)40-30(22,2)3)17-19(18)16-21-13-14-24(38-21)26(35)32-25-27(36-6)33-29(34-28(25)37-7)39-20-11-9-8-10-12-20/h8-15,17H,16H2,1-7H3,(H,32,35).